The molecule has 0 amide bonds. The maximum Gasteiger partial charge on any atom is 1.00 e. The molecule has 0 aromatic rings. The second-order valence-electron chi connectivity index (χ2n) is 16.3. The fourth-order valence-electron chi connectivity index (χ4n) is 7.39. The maximum absolute atomic E-state index is 9.60. The quantitative estimate of drug-likeness (QED) is 0.124. The van der Waals surface area contributed by atoms with Gasteiger partial charge in [0.15, 0.2) is 0 Å². The maximum atomic E-state index is 9.60. The summed E-state index contributed by atoms with van der Waals surface area (Å²) < 4.78 is 24.3. The number of hydrogen-bond donors (Lipinski definition) is 1. The van der Waals surface area contributed by atoms with Crippen LogP contribution in [0.4, 0.5) is 0 Å². The Kier molecular flexibility index (Phi) is 24.1. The van der Waals surface area contributed by atoms with E-state index in [1.54, 1.807) is 0 Å². The summed E-state index contributed by atoms with van der Waals surface area (Å²) in [7, 11) is -0.149. The summed E-state index contributed by atoms with van der Waals surface area (Å²) in [5.74, 6) is 1.42. The van der Waals surface area contributed by atoms with Crippen LogP contribution in [0.15, 0.2) is 5.11 Å². The summed E-state index contributed by atoms with van der Waals surface area (Å²) in [6.07, 6.45) is 14.1. The van der Waals surface area contributed by atoms with Crippen molar-refractivity contribution in [2.24, 2.45) is 27.8 Å². The molecule has 2 saturated carbocycles. The molecular weight excluding hydrogens is 681 g/mol. The van der Waals surface area contributed by atoms with Gasteiger partial charge >= 0.3 is 56.1 Å². The second-order valence-corrected chi connectivity index (χ2v) is 16.3. The molecule has 4 rings (SSSR count). The molecular formula is C34H61B2N6NaO9. The minimum absolute atomic E-state index is 0. The third-order valence-electron chi connectivity index (χ3n) is 12.1. The summed E-state index contributed by atoms with van der Waals surface area (Å²) in [6, 6.07) is 0. The summed E-state index contributed by atoms with van der Waals surface area (Å²) in [4.78, 5) is 36.9. The van der Waals surface area contributed by atoms with E-state index in [1.807, 2.05) is 0 Å². The number of aliphatic hydroxyl groups excluding tert-OH is 1. The van der Waals surface area contributed by atoms with Crippen LogP contribution in [0.1, 0.15) is 133 Å². The van der Waals surface area contributed by atoms with Gasteiger partial charge in [0, 0.05) is 18.1 Å². The summed E-state index contributed by atoms with van der Waals surface area (Å²) in [5.41, 5.74) is 21.6. The van der Waals surface area contributed by atoms with Crippen molar-refractivity contribution >= 4 is 26.5 Å². The normalized spacial score (nSPS) is 28.1. The Morgan fingerprint density at radius 2 is 1.00 bits per heavy atom. The number of aliphatic hydroxyl groups is 1. The van der Waals surface area contributed by atoms with E-state index in [9.17, 15) is 5.11 Å². The Hall–Kier alpha value is -1.69. The van der Waals surface area contributed by atoms with Crippen LogP contribution >= 0.6 is 0 Å². The van der Waals surface area contributed by atoms with E-state index in [-0.39, 0.29) is 89.3 Å². The molecule has 2 saturated heterocycles. The van der Waals surface area contributed by atoms with E-state index in [0.29, 0.717) is 19.1 Å². The molecule has 4 unspecified atom stereocenters. The van der Waals surface area contributed by atoms with Gasteiger partial charge in [0.05, 0.1) is 22.4 Å². The van der Waals surface area contributed by atoms with Crippen molar-refractivity contribution in [2.75, 3.05) is 13.2 Å². The monoisotopic (exact) mass is 742 g/mol. The average molecular weight is 743 g/mol. The molecule has 15 nitrogen and oxygen atoms in total. The molecule has 1 N–H and O–H groups in total. The van der Waals surface area contributed by atoms with Crippen molar-refractivity contribution in [1.82, 2.24) is 0 Å². The average Bonchev–Trinajstić information content (AvgIpc) is 3.77. The zero-order valence-corrected chi connectivity index (χ0v) is 35.6. The Morgan fingerprint density at radius 1 is 0.692 bits per heavy atom. The van der Waals surface area contributed by atoms with Crippen LogP contribution in [0.3, 0.4) is 0 Å². The van der Waals surface area contributed by atoms with Gasteiger partial charge < -0.3 is 34.8 Å². The van der Waals surface area contributed by atoms with Crippen molar-refractivity contribution in [3.8, 4) is 0 Å². The van der Waals surface area contributed by atoms with Gasteiger partial charge in [0.1, 0.15) is 0 Å². The van der Waals surface area contributed by atoms with Crippen molar-refractivity contribution in [3.63, 3.8) is 0 Å². The zero-order valence-electron chi connectivity index (χ0n) is 33.6. The van der Waals surface area contributed by atoms with Gasteiger partial charge in [-0.05, 0) is 141 Å². The van der Waals surface area contributed by atoms with Crippen molar-refractivity contribution < 1.29 is 72.5 Å². The number of nitrogens with zero attached hydrogens (tertiary/aromatic N) is 6. The Bertz CT molecular complexity index is 1160. The third-order valence-corrected chi connectivity index (χ3v) is 12.1. The minimum atomic E-state index is -0.234. The van der Waals surface area contributed by atoms with Crippen LogP contribution in [0.2, 0.25) is 12.6 Å². The van der Waals surface area contributed by atoms with Crippen molar-refractivity contribution in [2.45, 2.75) is 168 Å². The van der Waals surface area contributed by atoms with Crippen LogP contribution in [0.25, 0.3) is 26.4 Å². The van der Waals surface area contributed by atoms with E-state index in [0.717, 1.165) is 44.2 Å². The number of carbonyl (C=O) groups excluding carboxylic acids is 4. The predicted octanol–water partition coefficient (Wildman–Crippen LogP) is 5.34. The minimum Gasteiger partial charge on any atom is -0.403 e. The summed E-state index contributed by atoms with van der Waals surface area (Å²) in [6.45, 7) is 22.2. The predicted molar refractivity (Wildman–Crippen MR) is 192 cm³/mol. The first kappa shape index (κ1) is 52.4. The Balaban J connectivity index is 0. The van der Waals surface area contributed by atoms with Gasteiger partial charge in [-0.25, -0.2) is 0 Å². The van der Waals surface area contributed by atoms with E-state index < -0.39 is 0 Å². The van der Waals surface area contributed by atoms with E-state index in [1.165, 1.54) is 43.4 Å². The topological polar surface area (TPSA) is 233 Å². The SMILES string of the molecule is CCC1(CN=[N+]=[N-])CCC(CCB2OC(C)(C)C(C)(C)O2)C1.CCC1(CO)CCC(CCB2OC(C)(C)C(C)(C)O2)C1.O=C=O.O=C=O.[N-]=[N+]=[N-].[Na+]. The van der Waals surface area contributed by atoms with Gasteiger partial charge in [-0.3, -0.25) is 4.91 Å². The fourth-order valence-corrected chi connectivity index (χ4v) is 7.39. The molecule has 2 aliphatic carbocycles. The number of rotatable bonds is 11. The summed E-state index contributed by atoms with van der Waals surface area (Å²) in [5, 5.41) is 13.4. The summed E-state index contributed by atoms with van der Waals surface area (Å²) >= 11 is 0. The molecule has 0 aromatic carbocycles. The molecule has 288 valence electrons. The first-order chi connectivity index (χ1) is 23.7. The number of hydrogen-bond acceptors (Lipinski definition) is 10. The number of azide groups is 1. The second kappa shape index (κ2) is 24.0. The van der Waals surface area contributed by atoms with Crippen LogP contribution < -0.4 is 29.6 Å². The van der Waals surface area contributed by atoms with Gasteiger partial charge in [-0.2, -0.15) is 19.2 Å². The van der Waals surface area contributed by atoms with Crippen LogP contribution in [0.5, 0.6) is 0 Å². The standard InChI is InChI=1S/C16H30BN3O2.C16H31BO3.2CO2.N3.Na/c1-6-16(12-19-20-18)9-7-13(11-16)8-10-17-21-14(2,3)15(4,5)22-17;1-6-16(12-18)9-7-13(11-16)8-10-17-19-14(2,3)15(4,5)20-17;2*2-1-3;1-3-2;/h13H,6-12H2,1-5H3;13,18H,6-12H2,1-5H3;;;;/q;;;;-1;+1. The van der Waals surface area contributed by atoms with E-state index >= 15 is 0 Å². The van der Waals surface area contributed by atoms with Crippen LogP contribution in [-0.2, 0) is 37.8 Å². The van der Waals surface area contributed by atoms with Crippen molar-refractivity contribution in [3.05, 3.63) is 26.4 Å². The Morgan fingerprint density at radius 3 is 1.27 bits per heavy atom. The van der Waals surface area contributed by atoms with Gasteiger partial charge in [-0.1, -0.05) is 38.2 Å². The molecule has 2 aliphatic heterocycles. The van der Waals surface area contributed by atoms with Gasteiger partial charge in [0.25, 0.3) is 0 Å². The van der Waals surface area contributed by atoms with Gasteiger partial charge in [-0.15, -0.1) is 0 Å². The first-order valence-electron chi connectivity index (χ1n) is 18.0. The molecule has 0 aromatic heterocycles. The molecule has 4 fully saturated rings. The van der Waals surface area contributed by atoms with Crippen LogP contribution in [0, 0.1) is 22.7 Å². The van der Waals surface area contributed by atoms with E-state index in [4.69, 9.17) is 54.4 Å². The zero-order chi connectivity index (χ0) is 39.6. The van der Waals surface area contributed by atoms with Gasteiger partial charge in [0.2, 0.25) is 0 Å². The van der Waals surface area contributed by atoms with E-state index in [2.05, 4.69) is 79.3 Å². The molecule has 0 spiro atoms. The fraction of sp³-hybridized carbons (Fsp3) is 0.941. The van der Waals surface area contributed by atoms with Crippen molar-refractivity contribution in [1.29, 1.82) is 0 Å². The molecule has 4 atom stereocenters. The molecule has 2 heterocycles. The smallest absolute Gasteiger partial charge is 0.403 e. The molecule has 0 bridgehead atoms. The third kappa shape index (κ3) is 16.0. The molecule has 0 radical (unpaired) electrons. The molecule has 18 heteroatoms. The molecule has 4 aliphatic rings. The molecule has 52 heavy (non-hydrogen) atoms. The largest absolute Gasteiger partial charge is 1.00 e. The van der Waals surface area contributed by atoms with Crippen LogP contribution in [-0.4, -0.2) is 67.2 Å². The first-order valence-corrected chi connectivity index (χ1v) is 18.0. The Labute approximate surface area is 333 Å².